The van der Waals surface area contributed by atoms with Crippen molar-refractivity contribution in [3.05, 3.63) is 42.5 Å². The maximum Gasteiger partial charge on any atom is 0.262 e. The van der Waals surface area contributed by atoms with Crippen LogP contribution in [0.1, 0.15) is 20.8 Å². The Bertz CT molecular complexity index is 717. The van der Waals surface area contributed by atoms with Gasteiger partial charge in [-0.2, -0.15) is 0 Å². The average molecular weight is 359 g/mol. The van der Waals surface area contributed by atoms with E-state index in [-0.39, 0.29) is 12.5 Å². The standard InChI is InChI=1S/C20H25NO5/c1-4-23-16-9-7-8-10-17(16)26-14-20(22)21-15-11-12-18(24-5-2)19(13-15)25-6-3/h7-13H,4-6,14H2,1-3H3,(H,21,22). The van der Waals surface area contributed by atoms with Crippen LogP contribution >= 0.6 is 0 Å². The highest BCUT2D eigenvalue weighted by molar-refractivity contribution is 5.92. The van der Waals surface area contributed by atoms with Crippen molar-refractivity contribution in [3.8, 4) is 23.0 Å². The molecule has 0 bridgehead atoms. The van der Waals surface area contributed by atoms with Gasteiger partial charge in [-0.05, 0) is 45.0 Å². The van der Waals surface area contributed by atoms with E-state index in [1.807, 2.05) is 32.9 Å². The van der Waals surface area contributed by atoms with Gasteiger partial charge in [0.15, 0.2) is 29.6 Å². The minimum Gasteiger partial charge on any atom is -0.490 e. The Kier molecular flexibility index (Phi) is 7.61. The van der Waals surface area contributed by atoms with Crippen LogP contribution in [0.3, 0.4) is 0 Å². The minimum absolute atomic E-state index is 0.124. The lowest BCUT2D eigenvalue weighted by molar-refractivity contribution is -0.118. The van der Waals surface area contributed by atoms with Crippen LogP contribution in [0.4, 0.5) is 5.69 Å². The van der Waals surface area contributed by atoms with Crippen molar-refractivity contribution in [3.63, 3.8) is 0 Å². The summed E-state index contributed by atoms with van der Waals surface area (Å²) in [5.74, 6) is 2.11. The van der Waals surface area contributed by atoms with Crippen LogP contribution in [-0.4, -0.2) is 32.3 Å². The number of nitrogens with one attached hydrogen (secondary N) is 1. The summed E-state index contributed by atoms with van der Waals surface area (Å²) in [7, 11) is 0. The van der Waals surface area contributed by atoms with Gasteiger partial charge in [0.1, 0.15) is 0 Å². The lowest BCUT2D eigenvalue weighted by atomic mass is 10.2. The molecule has 2 aromatic carbocycles. The number of carbonyl (C=O) groups is 1. The normalized spacial score (nSPS) is 10.1. The third kappa shape index (κ3) is 5.58. The van der Waals surface area contributed by atoms with Crippen molar-refractivity contribution in [1.82, 2.24) is 0 Å². The zero-order chi connectivity index (χ0) is 18.8. The summed E-state index contributed by atoms with van der Waals surface area (Å²) in [6.45, 7) is 7.15. The SMILES string of the molecule is CCOc1ccc(NC(=O)COc2ccccc2OCC)cc1OCC. The lowest BCUT2D eigenvalue weighted by Gasteiger charge is -2.14. The van der Waals surface area contributed by atoms with E-state index in [0.717, 1.165) is 0 Å². The molecule has 0 radical (unpaired) electrons. The van der Waals surface area contributed by atoms with Crippen molar-refractivity contribution in [2.24, 2.45) is 0 Å². The van der Waals surface area contributed by atoms with Crippen LogP contribution in [0, 0.1) is 0 Å². The topological polar surface area (TPSA) is 66.0 Å². The Balaban J connectivity index is 1.98. The number of para-hydroxylation sites is 2. The van der Waals surface area contributed by atoms with Crippen molar-refractivity contribution < 1.29 is 23.7 Å². The molecule has 2 aromatic rings. The van der Waals surface area contributed by atoms with Gasteiger partial charge in [0, 0.05) is 11.8 Å². The summed E-state index contributed by atoms with van der Waals surface area (Å²) < 4.78 is 22.1. The Labute approximate surface area is 154 Å². The first kappa shape index (κ1) is 19.4. The molecule has 140 valence electrons. The molecule has 0 unspecified atom stereocenters. The molecule has 0 saturated carbocycles. The second-order valence-electron chi connectivity index (χ2n) is 5.24. The van der Waals surface area contributed by atoms with E-state index in [1.165, 1.54) is 0 Å². The van der Waals surface area contributed by atoms with E-state index in [1.54, 1.807) is 30.3 Å². The number of hydrogen-bond donors (Lipinski definition) is 1. The van der Waals surface area contributed by atoms with Crippen LogP contribution in [0.15, 0.2) is 42.5 Å². The van der Waals surface area contributed by atoms with Crippen LogP contribution < -0.4 is 24.3 Å². The average Bonchev–Trinajstić information content (AvgIpc) is 2.64. The molecular weight excluding hydrogens is 334 g/mol. The van der Waals surface area contributed by atoms with E-state index < -0.39 is 0 Å². The summed E-state index contributed by atoms with van der Waals surface area (Å²) in [5, 5.41) is 2.79. The molecule has 26 heavy (non-hydrogen) atoms. The molecule has 6 heteroatoms. The molecule has 0 fully saturated rings. The van der Waals surface area contributed by atoms with Gasteiger partial charge in [-0.15, -0.1) is 0 Å². The predicted octanol–water partition coefficient (Wildman–Crippen LogP) is 3.90. The highest BCUT2D eigenvalue weighted by Gasteiger charge is 2.10. The quantitative estimate of drug-likeness (QED) is 0.697. The highest BCUT2D eigenvalue weighted by Crippen LogP contribution is 2.31. The Morgan fingerprint density at radius 1 is 0.769 bits per heavy atom. The van der Waals surface area contributed by atoms with Crippen molar-refractivity contribution >= 4 is 11.6 Å². The summed E-state index contributed by atoms with van der Waals surface area (Å²) in [6, 6.07) is 12.5. The van der Waals surface area contributed by atoms with Crippen LogP contribution in [0.25, 0.3) is 0 Å². The summed E-state index contributed by atoms with van der Waals surface area (Å²) in [6.07, 6.45) is 0. The number of anilines is 1. The number of ether oxygens (including phenoxy) is 4. The fraction of sp³-hybridized carbons (Fsp3) is 0.350. The van der Waals surface area contributed by atoms with Crippen molar-refractivity contribution in [2.45, 2.75) is 20.8 Å². The lowest BCUT2D eigenvalue weighted by Crippen LogP contribution is -2.20. The monoisotopic (exact) mass is 359 g/mol. The molecule has 0 aliphatic heterocycles. The van der Waals surface area contributed by atoms with Gasteiger partial charge in [-0.25, -0.2) is 0 Å². The molecule has 0 atom stereocenters. The Morgan fingerprint density at radius 3 is 1.92 bits per heavy atom. The predicted molar refractivity (Wildman–Crippen MR) is 101 cm³/mol. The molecule has 1 amide bonds. The number of hydrogen-bond acceptors (Lipinski definition) is 5. The zero-order valence-electron chi connectivity index (χ0n) is 15.4. The third-order valence-electron chi connectivity index (χ3n) is 3.33. The maximum absolute atomic E-state index is 12.2. The first-order valence-electron chi connectivity index (χ1n) is 8.72. The number of benzene rings is 2. The number of rotatable bonds is 10. The molecule has 0 aromatic heterocycles. The molecule has 0 spiro atoms. The molecule has 0 aliphatic rings. The Morgan fingerprint density at radius 2 is 1.31 bits per heavy atom. The van der Waals surface area contributed by atoms with E-state index in [4.69, 9.17) is 18.9 Å². The third-order valence-corrected chi connectivity index (χ3v) is 3.33. The molecule has 0 heterocycles. The highest BCUT2D eigenvalue weighted by atomic mass is 16.5. The first-order valence-corrected chi connectivity index (χ1v) is 8.72. The van der Waals surface area contributed by atoms with Gasteiger partial charge < -0.3 is 24.3 Å². The molecular formula is C20H25NO5. The Hall–Kier alpha value is -2.89. The van der Waals surface area contributed by atoms with Crippen LogP contribution in [0.5, 0.6) is 23.0 Å². The van der Waals surface area contributed by atoms with E-state index >= 15 is 0 Å². The largest absolute Gasteiger partial charge is 0.490 e. The first-order chi connectivity index (χ1) is 12.7. The molecule has 0 aliphatic carbocycles. The molecule has 1 N–H and O–H groups in total. The van der Waals surface area contributed by atoms with Crippen LogP contribution in [-0.2, 0) is 4.79 Å². The number of amides is 1. The fourth-order valence-corrected chi connectivity index (χ4v) is 2.31. The zero-order valence-corrected chi connectivity index (χ0v) is 15.4. The summed E-state index contributed by atoms with van der Waals surface area (Å²) in [4.78, 5) is 12.2. The van der Waals surface area contributed by atoms with Gasteiger partial charge in [-0.3, -0.25) is 4.79 Å². The maximum atomic E-state index is 12.2. The minimum atomic E-state index is -0.275. The van der Waals surface area contributed by atoms with E-state index in [2.05, 4.69) is 5.32 Å². The molecule has 0 saturated heterocycles. The van der Waals surface area contributed by atoms with Gasteiger partial charge >= 0.3 is 0 Å². The van der Waals surface area contributed by atoms with Crippen LogP contribution in [0.2, 0.25) is 0 Å². The van der Waals surface area contributed by atoms with Crippen molar-refractivity contribution in [1.29, 1.82) is 0 Å². The van der Waals surface area contributed by atoms with Gasteiger partial charge in [0.2, 0.25) is 0 Å². The van der Waals surface area contributed by atoms with E-state index in [9.17, 15) is 4.79 Å². The number of carbonyl (C=O) groups excluding carboxylic acids is 1. The molecule has 6 nitrogen and oxygen atoms in total. The molecule has 2 rings (SSSR count). The summed E-state index contributed by atoms with van der Waals surface area (Å²) >= 11 is 0. The van der Waals surface area contributed by atoms with E-state index in [0.29, 0.717) is 48.5 Å². The second kappa shape index (κ2) is 10.2. The fourth-order valence-electron chi connectivity index (χ4n) is 2.31. The van der Waals surface area contributed by atoms with Gasteiger partial charge in [-0.1, -0.05) is 12.1 Å². The van der Waals surface area contributed by atoms with Crippen molar-refractivity contribution in [2.75, 3.05) is 31.7 Å². The second-order valence-corrected chi connectivity index (χ2v) is 5.24. The van der Waals surface area contributed by atoms with Gasteiger partial charge in [0.05, 0.1) is 19.8 Å². The summed E-state index contributed by atoms with van der Waals surface area (Å²) in [5.41, 5.74) is 0.614. The van der Waals surface area contributed by atoms with Gasteiger partial charge in [0.25, 0.3) is 5.91 Å². The smallest absolute Gasteiger partial charge is 0.262 e.